The zero-order valence-electron chi connectivity index (χ0n) is 10.6. The second kappa shape index (κ2) is 4.65. The molecule has 1 rings (SSSR count). The van der Waals surface area contributed by atoms with Gasteiger partial charge in [-0.15, -0.1) is 0 Å². The molecule has 0 heterocycles. The molecule has 0 N–H and O–H groups in total. The molecule has 14 heavy (non-hydrogen) atoms. The Labute approximate surface area is 89.9 Å². The van der Waals surface area contributed by atoms with Crippen molar-refractivity contribution >= 4 is 0 Å². The van der Waals surface area contributed by atoms with Crippen molar-refractivity contribution < 1.29 is 0 Å². The maximum atomic E-state index is 2.44. The summed E-state index contributed by atoms with van der Waals surface area (Å²) in [5.41, 5.74) is 0.592. The highest BCUT2D eigenvalue weighted by Gasteiger charge is 2.31. The molecule has 2 unspecified atom stereocenters. The van der Waals surface area contributed by atoms with E-state index in [1.807, 2.05) is 0 Å². The number of hydrogen-bond donors (Lipinski definition) is 0. The van der Waals surface area contributed by atoms with Crippen molar-refractivity contribution in [3.05, 3.63) is 0 Å². The van der Waals surface area contributed by atoms with Gasteiger partial charge in [0.1, 0.15) is 0 Å². The Balaban J connectivity index is 2.38. The summed E-state index contributed by atoms with van der Waals surface area (Å²) in [4.78, 5) is 2.31. The van der Waals surface area contributed by atoms with Crippen LogP contribution in [-0.2, 0) is 0 Å². The third kappa shape index (κ3) is 4.00. The average molecular weight is 197 g/mol. The minimum atomic E-state index is 0.592. The van der Waals surface area contributed by atoms with Crippen LogP contribution in [0.2, 0.25) is 0 Å². The summed E-state index contributed by atoms with van der Waals surface area (Å²) in [7, 11) is 4.36. The molecular formula is C13H27N. The summed E-state index contributed by atoms with van der Waals surface area (Å²) in [5.74, 6) is 1.90. The van der Waals surface area contributed by atoms with Crippen LogP contribution in [0.4, 0.5) is 0 Å². The fourth-order valence-corrected chi connectivity index (χ4v) is 3.20. The van der Waals surface area contributed by atoms with Gasteiger partial charge in [-0.1, -0.05) is 20.8 Å². The second-order valence-corrected chi connectivity index (χ2v) is 6.37. The third-order valence-corrected chi connectivity index (χ3v) is 3.46. The van der Waals surface area contributed by atoms with E-state index in [2.05, 4.69) is 39.8 Å². The highest BCUT2D eigenvalue weighted by molar-refractivity contribution is 4.82. The molecule has 84 valence electrons. The Hall–Kier alpha value is -0.0400. The van der Waals surface area contributed by atoms with Crippen LogP contribution in [0.3, 0.4) is 0 Å². The Morgan fingerprint density at radius 1 is 1.21 bits per heavy atom. The fraction of sp³-hybridized carbons (Fsp3) is 1.00. The smallest absolute Gasteiger partial charge is 0.00222 e. The normalized spacial score (nSPS) is 32.1. The lowest BCUT2D eigenvalue weighted by Gasteiger charge is -2.39. The summed E-state index contributed by atoms with van der Waals surface area (Å²) < 4.78 is 0. The topological polar surface area (TPSA) is 3.24 Å². The van der Waals surface area contributed by atoms with E-state index in [-0.39, 0.29) is 0 Å². The molecule has 0 aliphatic heterocycles. The van der Waals surface area contributed by atoms with Crippen molar-refractivity contribution in [2.24, 2.45) is 17.3 Å². The van der Waals surface area contributed by atoms with Gasteiger partial charge in [0.2, 0.25) is 0 Å². The maximum Gasteiger partial charge on any atom is -0.00222 e. The number of nitrogens with zero attached hydrogens (tertiary/aromatic N) is 1. The molecule has 0 radical (unpaired) electrons. The standard InChI is InChI=1S/C13H27N/c1-11-8-12(6-7-14(4)5)10-13(2,3)9-11/h11-12H,6-10H2,1-5H3. The van der Waals surface area contributed by atoms with E-state index in [9.17, 15) is 0 Å². The van der Waals surface area contributed by atoms with Gasteiger partial charge in [0.25, 0.3) is 0 Å². The predicted octanol–water partition coefficient (Wildman–Crippen LogP) is 3.40. The molecule has 0 amide bonds. The van der Waals surface area contributed by atoms with E-state index in [1.54, 1.807) is 0 Å². The number of rotatable bonds is 3. The largest absolute Gasteiger partial charge is 0.309 e. The van der Waals surface area contributed by atoms with Gasteiger partial charge >= 0.3 is 0 Å². The summed E-state index contributed by atoms with van der Waals surface area (Å²) in [5, 5.41) is 0. The average Bonchev–Trinajstić information content (AvgIpc) is 1.96. The molecule has 1 aliphatic rings. The highest BCUT2D eigenvalue weighted by Crippen LogP contribution is 2.42. The Morgan fingerprint density at radius 2 is 1.86 bits per heavy atom. The van der Waals surface area contributed by atoms with E-state index >= 15 is 0 Å². The molecule has 0 aromatic carbocycles. The molecule has 0 saturated heterocycles. The van der Waals surface area contributed by atoms with Gasteiger partial charge in [-0.2, -0.15) is 0 Å². The van der Waals surface area contributed by atoms with Crippen molar-refractivity contribution in [2.45, 2.75) is 46.5 Å². The summed E-state index contributed by atoms with van der Waals surface area (Å²) >= 11 is 0. The molecule has 0 spiro atoms. The minimum absolute atomic E-state index is 0.592. The third-order valence-electron chi connectivity index (χ3n) is 3.46. The second-order valence-electron chi connectivity index (χ2n) is 6.37. The van der Waals surface area contributed by atoms with Crippen molar-refractivity contribution in [2.75, 3.05) is 20.6 Å². The van der Waals surface area contributed by atoms with Gasteiger partial charge in [-0.3, -0.25) is 0 Å². The molecule has 1 saturated carbocycles. The van der Waals surface area contributed by atoms with Gasteiger partial charge in [0.15, 0.2) is 0 Å². The lowest BCUT2D eigenvalue weighted by atomic mass is 9.67. The Kier molecular flexibility index (Phi) is 4.00. The Bertz CT molecular complexity index is 172. The van der Waals surface area contributed by atoms with Crippen LogP contribution in [0.1, 0.15) is 46.5 Å². The maximum absolute atomic E-state index is 2.44. The van der Waals surface area contributed by atoms with Gasteiger partial charge in [-0.25, -0.2) is 0 Å². The first-order valence-corrected chi connectivity index (χ1v) is 6.04. The van der Waals surface area contributed by atoms with Gasteiger partial charge < -0.3 is 4.90 Å². The fourth-order valence-electron chi connectivity index (χ4n) is 3.20. The van der Waals surface area contributed by atoms with Crippen LogP contribution in [-0.4, -0.2) is 25.5 Å². The minimum Gasteiger partial charge on any atom is -0.309 e. The van der Waals surface area contributed by atoms with E-state index in [0.717, 1.165) is 11.8 Å². The number of hydrogen-bond acceptors (Lipinski definition) is 1. The summed E-state index contributed by atoms with van der Waals surface area (Å²) in [6.45, 7) is 8.55. The first-order valence-electron chi connectivity index (χ1n) is 6.04. The van der Waals surface area contributed by atoms with E-state index < -0.39 is 0 Å². The zero-order valence-corrected chi connectivity index (χ0v) is 10.6. The van der Waals surface area contributed by atoms with Gasteiger partial charge in [0.05, 0.1) is 0 Å². The van der Waals surface area contributed by atoms with Crippen LogP contribution < -0.4 is 0 Å². The molecular weight excluding hydrogens is 170 g/mol. The van der Waals surface area contributed by atoms with Crippen molar-refractivity contribution in [1.82, 2.24) is 4.90 Å². The molecule has 1 aliphatic carbocycles. The Morgan fingerprint density at radius 3 is 2.36 bits per heavy atom. The molecule has 0 bridgehead atoms. The monoisotopic (exact) mass is 197 g/mol. The quantitative estimate of drug-likeness (QED) is 0.670. The van der Waals surface area contributed by atoms with Gasteiger partial charge in [-0.05, 0) is 63.6 Å². The van der Waals surface area contributed by atoms with Crippen LogP contribution in [0.5, 0.6) is 0 Å². The molecule has 0 aromatic heterocycles. The van der Waals surface area contributed by atoms with Crippen molar-refractivity contribution in [1.29, 1.82) is 0 Å². The lowest BCUT2D eigenvalue weighted by Crippen LogP contribution is -2.29. The SMILES string of the molecule is CC1CC(CCN(C)C)CC(C)(C)C1. The van der Waals surface area contributed by atoms with E-state index in [1.165, 1.54) is 32.2 Å². The van der Waals surface area contributed by atoms with Crippen LogP contribution >= 0.6 is 0 Å². The first-order chi connectivity index (χ1) is 6.39. The van der Waals surface area contributed by atoms with Crippen LogP contribution in [0.15, 0.2) is 0 Å². The van der Waals surface area contributed by atoms with Crippen molar-refractivity contribution in [3.63, 3.8) is 0 Å². The molecule has 2 atom stereocenters. The molecule has 1 fully saturated rings. The zero-order chi connectivity index (χ0) is 10.8. The van der Waals surface area contributed by atoms with Crippen molar-refractivity contribution in [3.8, 4) is 0 Å². The molecule has 1 heteroatoms. The van der Waals surface area contributed by atoms with Crippen LogP contribution in [0.25, 0.3) is 0 Å². The summed E-state index contributed by atoms with van der Waals surface area (Å²) in [6, 6.07) is 0. The van der Waals surface area contributed by atoms with E-state index in [0.29, 0.717) is 5.41 Å². The van der Waals surface area contributed by atoms with Gasteiger partial charge in [0, 0.05) is 0 Å². The lowest BCUT2D eigenvalue weighted by molar-refractivity contribution is 0.122. The molecule has 1 nitrogen and oxygen atoms in total. The predicted molar refractivity (Wildman–Crippen MR) is 63.5 cm³/mol. The highest BCUT2D eigenvalue weighted by atomic mass is 15.0. The first kappa shape index (κ1) is 12.0. The summed E-state index contributed by atoms with van der Waals surface area (Å²) in [6.07, 6.45) is 5.70. The van der Waals surface area contributed by atoms with Crippen LogP contribution in [0, 0.1) is 17.3 Å². The molecule has 0 aromatic rings. The van der Waals surface area contributed by atoms with E-state index in [4.69, 9.17) is 0 Å².